The summed E-state index contributed by atoms with van der Waals surface area (Å²) < 4.78 is 31.5. The first-order valence-electron chi connectivity index (χ1n) is 6.36. The lowest BCUT2D eigenvalue weighted by molar-refractivity contribution is 0.155. The Morgan fingerprint density at radius 1 is 1.32 bits per heavy atom. The molecule has 1 saturated heterocycles. The molecule has 1 aliphatic heterocycles. The van der Waals surface area contributed by atoms with Gasteiger partial charge in [-0.2, -0.15) is 4.31 Å². The van der Waals surface area contributed by atoms with E-state index in [1.54, 1.807) is 12.1 Å². The first-order valence-corrected chi connectivity index (χ1v) is 7.80. The van der Waals surface area contributed by atoms with E-state index in [-0.39, 0.29) is 17.5 Å². The number of aliphatic hydroxyl groups is 1. The van der Waals surface area contributed by atoms with Crippen LogP contribution in [-0.4, -0.2) is 44.1 Å². The van der Waals surface area contributed by atoms with E-state index in [1.807, 2.05) is 0 Å². The van der Waals surface area contributed by atoms with E-state index in [0.29, 0.717) is 18.7 Å². The highest BCUT2D eigenvalue weighted by atomic mass is 32.2. The molecular formula is C13H19NO4S. The van der Waals surface area contributed by atoms with Crippen molar-refractivity contribution in [3.05, 3.63) is 24.3 Å². The summed E-state index contributed by atoms with van der Waals surface area (Å²) >= 11 is 0. The van der Waals surface area contributed by atoms with Crippen molar-refractivity contribution < 1.29 is 18.3 Å². The van der Waals surface area contributed by atoms with Crippen LogP contribution in [0.2, 0.25) is 0 Å². The number of rotatable bonds is 4. The highest BCUT2D eigenvalue weighted by Crippen LogP contribution is 2.26. The van der Waals surface area contributed by atoms with Crippen LogP contribution in [0.25, 0.3) is 0 Å². The van der Waals surface area contributed by atoms with Gasteiger partial charge in [0.15, 0.2) is 0 Å². The maximum atomic E-state index is 12.5. The number of hydrogen-bond acceptors (Lipinski definition) is 4. The van der Waals surface area contributed by atoms with Gasteiger partial charge in [-0.05, 0) is 37.1 Å². The number of sulfonamides is 1. The molecule has 0 aliphatic carbocycles. The minimum Gasteiger partial charge on any atom is -0.497 e. The summed E-state index contributed by atoms with van der Waals surface area (Å²) in [6.45, 7) is 0.342. The average Bonchev–Trinajstić information content (AvgIpc) is 2.47. The van der Waals surface area contributed by atoms with E-state index in [4.69, 9.17) is 4.74 Å². The Labute approximate surface area is 113 Å². The van der Waals surface area contributed by atoms with Gasteiger partial charge in [-0.25, -0.2) is 8.42 Å². The van der Waals surface area contributed by atoms with Gasteiger partial charge in [0.1, 0.15) is 5.75 Å². The minimum absolute atomic E-state index is 0.130. The predicted molar refractivity (Wildman–Crippen MR) is 71.6 cm³/mol. The maximum Gasteiger partial charge on any atom is 0.243 e. The number of methoxy groups -OCH3 is 1. The quantitative estimate of drug-likeness (QED) is 0.903. The lowest BCUT2D eigenvalue weighted by Crippen LogP contribution is -2.45. The van der Waals surface area contributed by atoms with Crippen LogP contribution in [0, 0.1) is 0 Å². The molecule has 1 N–H and O–H groups in total. The van der Waals surface area contributed by atoms with Crippen LogP contribution in [0.15, 0.2) is 29.2 Å². The number of ether oxygens (including phenoxy) is 1. The Morgan fingerprint density at radius 3 is 2.58 bits per heavy atom. The van der Waals surface area contributed by atoms with Crippen LogP contribution in [0.1, 0.15) is 19.3 Å². The van der Waals surface area contributed by atoms with Crippen LogP contribution in [-0.2, 0) is 10.0 Å². The van der Waals surface area contributed by atoms with E-state index in [2.05, 4.69) is 0 Å². The molecule has 0 saturated carbocycles. The molecule has 1 heterocycles. The van der Waals surface area contributed by atoms with Crippen molar-refractivity contribution in [3.63, 3.8) is 0 Å². The molecule has 0 aromatic heterocycles. The van der Waals surface area contributed by atoms with Crippen LogP contribution < -0.4 is 4.74 Å². The normalized spacial score (nSPS) is 21.3. The molecule has 1 unspecified atom stereocenters. The molecule has 1 aromatic carbocycles. The lowest BCUT2D eigenvalue weighted by atomic mass is 10.1. The van der Waals surface area contributed by atoms with Gasteiger partial charge < -0.3 is 9.84 Å². The molecule has 1 aromatic rings. The molecule has 1 aliphatic rings. The molecular weight excluding hydrogens is 266 g/mol. The highest BCUT2D eigenvalue weighted by Gasteiger charge is 2.32. The zero-order valence-corrected chi connectivity index (χ0v) is 11.8. The van der Waals surface area contributed by atoms with Crippen molar-refractivity contribution in [2.24, 2.45) is 0 Å². The van der Waals surface area contributed by atoms with Crippen LogP contribution in [0.5, 0.6) is 5.75 Å². The third-order valence-electron chi connectivity index (χ3n) is 3.45. The summed E-state index contributed by atoms with van der Waals surface area (Å²) in [7, 11) is -1.99. The fourth-order valence-corrected chi connectivity index (χ4v) is 4.04. The first kappa shape index (κ1) is 14.3. The SMILES string of the molecule is COc1ccc(S(=O)(=O)N2CCCCC2CO)cc1. The third-order valence-corrected chi connectivity index (χ3v) is 5.42. The molecule has 2 rings (SSSR count). The van der Waals surface area contributed by atoms with Gasteiger partial charge in [-0.1, -0.05) is 6.42 Å². The van der Waals surface area contributed by atoms with E-state index < -0.39 is 10.0 Å². The zero-order chi connectivity index (χ0) is 13.9. The van der Waals surface area contributed by atoms with E-state index in [0.717, 1.165) is 12.8 Å². The summed E-state index contributed by atoms with van der Waals surface area (Å²) in [5.74, 6) is 0.622. The van der Waals surface area contributed by atoms with E-state index >= 15 is 0 Å². The van der Waals surface area contributed by atoms with Crippen LogP contribution >= 0.6 is 0 Å². The van der Waals surface area contributed by atoms with Gasteiger partial charge >= 0.3 is 0 Å². The standard InChI is InChI=1S/C13H19NO4S/c1-18-12-5-7-13(8-6-12)19(16,17)14-9-3-2-4-11(14)10-15/h5-8,11,15H,2-4,9-10H2,1H3. The summed E-state index contributed by atoms with van der Waals surface area (Å²) in [6.07, 6.45) is 2.51. The van der Waals surface area contributed by atoms with E-state index in [1.165, 1.54) is 23.5 Å². The van der Waals surface area contributed by atoms with Crippen molar-refractivity contribution in [1.29, 1.82) is 0 Å². The maximum absolute atomic E-state index is 12.5. The molecule has 0 radical (unpaired) electrons. The lowest BCUT2D eigenvalue weighted by Gasteiger charge is -2.33. The second-order valence-corrected chi connectivity index (χ2v) is 6.51. The molecule has 0 bridgehead atoms. The molecule has 19 heavy (non-hydrogen) atoms. The summed E-state index contributed by atoms with van der Waals surface area (Å²) in [6, 6.07) is 6.03. The summed E-state index contributed by atoms with van der Waals surface area (Å²) in [5, 5.41) is 9.33. The van der Waals surface area contributed by atoms with Crippen molar-refractivity contribution >= 4 is 10.0 Å². The molecule has 106 valence electrons. The average molecular weight is 285 g/mol. The Kier molecular flexibility index (Phi) is 4.44. The molecule has 1 atom stereocenters. The van der Waals surface area contributed by atoms with Crippen molar-refractivity contribution in [1.82, 2.24) is 4.31 Å². The van der Waals surface area contributed by atoms with Crippen LogP contribution in [0.4, 0.5) is 0 Å². The minimum atomic E-state index is -3.53. The topological polar surface area (TPSA) is 66.8 Å². The molecule has 0 amide bonds. The van der Waals surface area contributed by atoms with Gasteiger partial charge in [0.25, 0.3) is 0 Å². The van der Waals surface area contributed by atoms with Crippen LogP contribution in [0.3, 0.4) is 0 Å². The van der Waals surface area contributed by atoms with Gasteiger partial charge in [-0.15, -0.1) is 0 Å². The zero-order valence-electron chi connectivity index (χ0n) is 10.9. The van der Waals surface area contributed by atoms with Crippen molar-refractivity contribution in [2.75, 3.05) is 20.3 Å². The van der Waals surface area contributed by atoms with Crippen molar-refractivity contribution in [2.45, 2.75) is 30.2 Å². The van der Waals surface area contributed by atoms with Gasteiger partial charge in [0, 0.05) is 12.6 Å². The molecule has 5 nitrogen and oxygen atoms in total. The Hall–Kier alpha value is -1.11. The van der Waals surface area contributed by atoms with Crippen molar-refractivity contribution in [3.8, 4) is 5.75 Å². The smallest absolute Gasteiger partial charge is 0.243 e. The Balaban J connectivity index is 2.29. The van der Waals surface area contributed by atoms with Gasteiger partial charge in [-0.3, -0.25) is 0 Å². The fraction of sp³-hybridized carbons (Fsp3) is 0.538. The van der Waals surface area contributed by atoms with Gasteiger partial charge in [0.05, 0.1) is 18.6 Å². The Morgan fingerprint density at radius 2 is 2.00 bits per heavy atom. The summed E-state index contributed by atoms with van der Waals surface area (Å²) in [4.78, 5) is 0.244. The molecule has 0 spiro atoms. The highest BCUT2D eigenvalue weighted by molar-refractivity contribution is 7.89. The second kappa shape index (κ2) is 5.90. The summed E-state index contributed by atoms with van der Waals surface area (Å²) in [5.41, 5.74) is 0. The Bertz CT molecular complexity index is 512. The number of benzene rings is 1. The number of hydrogen-bond donors (Lipinski definition) is 1. The second-order valence-electron chi connectivity index (χ2n) is 4.62. The fourth-order valence-electron chi connectivity index (χ4n) is 2.36. The monoisotopic (exact) mass is 285 g/mol. The number of piperidine rings is 1. The predicted octanol–water partition coefficient (Wildman–Crippen LogP) is 1.23. The largest absolute Gasteiger partial charge is 0.497 e. The van der Waals surface area contributed by atoms with Gasteiger partial charge in [0.2, 0.25) is 10.0 Å². The molecule has 1 fully saturated rings. The van der Waals surface area contributed by atoms with E-state index in [9.17, 15) is 13.5 Å². The molecule has 6 heteroatoms. The third kappa shape index (κ3) is 2.91. The number of nitrogens with zero attached hydrogens (tertiary/aromatic N) is 1. The first-order chi connectivity index (χ1) is 9.09. The number of aliphatic hydroxyl groups excluding tert-OH is 1.